The molecule has 0 aliphatic heterocycles. The highest BCUT2D eigenvalue weighted by Gasteiger charge is 2.26. The molecule has 0 unspecified atom stereocenters. The Hall–Kier alpha value is -0.990. The molecule has 2 saturated carbocycles. The van der Waals surface area contributed by atoms with Crippen molar-refractivity contribution in [2.75, 3.05) is 5.32 Å². The highest BCUT2D eigenvalue weighted by Crippen LogP contribution is 2.35. The van der Waals surface area contributed by atoms with Gasteiger partial charge in [-0.15, -0.1) is 0 Å². The molecule has 3 nitrogen and oxygen atoms in total. The van der Waals surface area contributed by atoms with Gasteiger partial charge in [0.1, 0.15) is 0 Å². The van der Waals surface area contributed by atoms with Gasteiger partial charge in [0, 0.05) is 18.3 Å². The van der Waals surface area contributed by atoms with Crippen LogP contribution in [0, 0.1) is 6.92 Å². The van der Waals surface area contributed by atoms with Crippen molar-refractivity contribution >= 4 is 5.95 Å². The van der Waals surface area contributed by atoms with Gasteiger partial charge < -0.3 is 9.88 Å². The van der Waals surface area contributed by atoms with E-state index in [9.17, 15) is 0 Å². The summed E-state index contributed by atoms with van der Waals surface area (Å²) in [5.41, 5.74) is 1.14. The summed E-state index contributed by atoms with van der Waals surface area (Å²) in [5, 5.41) is 3.51. The summed E-state index contributed by atoms with van der Waals surface area (Å²) in [6.45, 7) is 2.08. The normalized spacial score (nSPS) is 22.1. The summed E-state index contributed by atoms with van der Waals surface area (Å²) >= 11 is 0. The van der Waals surface area contributed by atoms with Crippen LogP contribution in [0.3, 0.4) is 0 Å². The fourth-order valence-electron chi connectivity index (χ4n) is 1.98. The Kier molecular flexibility index (Phi) is 1.79. The zero-order valence-electron chi connectivity index (χ0n) is 8.66. The molecule has 0 saturated heterocycles. The summed E-state index contributed by atoms with van der Waals surface area (Å²) in [5.74, 6) is 1.11. The molecular formula is C11H17N3. The second-order valence-corrected chi connectivity index (χ2v) is 4.62. The van der Waals surface area contributed by atoms with Crippen LogP contribution in [0.1, 0.15) is 43.8 Å². The van der Waals surface area contributed by atoms with Crippen LogP contribution < -0.4 is 5.32 Å². The molecule has 0 atom stereocenters. The van der Waals surface area contributed by atoms with Gasteiger partial charge in [-0.3, -0.25) is 0 Å². The van der Waals surface area contributed by atoms with E-state index < -0.39 is 0 Å². The Morgan fingerprint density at radius 3 is 2.71 bits per heavy atom. The fraction of sp³-hybridized carbons (Fsp3) is 0.727. The van der Waals surface area contributed by atoms with Crippen molar-refractivity contribution < 1.29 is 0 Å². The first-order valence-electron chi connectivity index (χ1n) is 5.65. The van der Waals surface area contributed by atoms with Crippen LogP contribution >= 0.6 is 0 Å². The number of hydrogen-bond acceptors (Lipinski definition) is 2. The first-order valence-corrected chi connectivity index (χ1v) is 5.65. The smallest absolute Gasteiger partial charge is 0.203 e. The second kappa shape index (κ2) is 3.01. The number of anilines is 1. The first-order chi connectivity index (χ1) is 6.83. The van der Waals surface area contributed by atoms with E-state index >= 15 is 0 Å². The minimum atomic E-state index is 0.704. The van der Waals surface area contributed by atoms with Crippen molar-refractivity contribution in [3.05, 3.63) is 11.9 Å². The van der Waals surface area contributed by atoms with Crippen LogP contribution in [0.25, 0.3) is 0 Å². The molecule has 1 aromatic rings. The van der Waals surface area contributed by atoms with Crippen molar-refractivity contribution in [1.82, 2.24) is 9.55 Å². The molecule has 1 N–H and O–H groups in total. The van der Waals surface area contributed by atoms with Gasteiger partial charge in [-0.25, -0.2) is 4.98 Å². The van der Waals surface area contributed by atoms with E-state index in [0.717, 1.165) is 17.7 Å². The van der Waals surface area contributed by atoms with Gasteiger partial charge in [-0.05, 0) is 39.0 Å². The topological polar surface area (TPSA) is 29.9 Å². The maximum absolute atomic E-state index is 4.55. The summed E-state index contributed by atoms with van der Waals surface area (Å²) < 4.78 is 2.34. The van der Waals surface area contributed by atoms with Crippen LogP contribution in [0.5, 0.6) is 0 Å². The van der Waals surface area contributed by atoms with E-state index in [1.54, 1.807) is 0 Å². The Labute approximate surface area is 84.5 Å². The summed E-state index contributed by atoms with van der Waals surface area (Å²) in [6, 6.07) is 1.42. The number of nitrogens with zero attached hydrogens (tertiary/aromatic N) is 2. The van der Waals surface area contributed by atoms with Crippen LogP contribution in [0.15, 0.2) is 6.20 Å². The quantitative estimate of drug-likeness (QED) is 0.795. The van der Waals surface area contributed by atoms with Crippen molar-refractivity contribution in [3.8, 4) is 0 Å². The number of nitrogens with one attached hydrogen (secondary N) is 1. The SMILES string of the molecule is Cc1cn(C2CCC2)c(NC2CC2)n1. The maximum Gasteiger partial charge on any atom is 0.203 e. The lowest BCUT2D eigenvalue weighted by molar-refractivity contribution is 0.316. The Balaban J connectivity index is 1.83. The van der Waals surface area contributed by atoms with Gasteiger partial charge in [0.25, 0.3) is 0 Å². The molecule has 0 amide bonds. The van der Waals surface area contributed by atoms with Gasteiger partial charge in [0.15, 0.2) is 0 Å². The van der Waals surface area contributed by atoms with Crippen molar-refractivity contribution in [3.63, 3.8) is 0 Å². The maximum atomic E-state index is 4.55. The van der Waals surface area contributed by atoms with E-state index in [1.807, 2.05) is 0 Å². The number of rotatable bonds is 3. The zero-order valence-corrected chi connectivity index (χ0v) is 8.66. The third kappa shape index (κ3) is 1.41. The molecule has 2 fully saturated rings. The summed E-state index contributed by atoms with van der Waals surface area (Å²) in [4.78, 5) is 4.55. The van der Waals surface area contributed by atoms with Crippen molar-refractivity contribution in [2.45, 2.75) is 51.1 Å². The summed E-state index contributed by atoms with van der Waals surface area (Å²) in [7, 11) is 0. The van der Waals surface area contributed by atoms with E-state index in [4.69, 9.17) is 0 Å². The van der Waals surface area contributed by atoms with Crippen molar-refractivity contribution in [2.24, 2.45) is 0 Å². The Bertz CT molecular complexity index is 334. The highest BCUT2D eigenvalue weighted by atomic mass is 15.2. The minimum absolute atomic E-state index is 0.704. The molecule has 3 rings (SSSR count). The molecule has 2 aliphatic carbocycles. The second-order valence-electron chi connectivity index (χ2n) is 4.62. The molecule has 14 heavy (non-hydrogen) atoms. The summed E-state index contributed by atoms with van der Waals surface area (Å²) in [6.07, 6.45) is 8.86. The Morgan fingerprint density at radius 1 is 1.36 bits per heavy atom. The highest BCUT2D eigenvalue weighted by molar-refractivity contribution is 5.33. The standard InChI is InChI=1S/C11H17N3/c1-8-7-14(10-3-2-4-10)11(12-8)13-9-5-6-9/h7,9-10H,2-6H2,1H3,(H,12,13). The molecule has 1 heterocycles. The Morgan fingerprint density at radius 2 is 2.14 bits per heavy atom. The molecule has 0 bridgehead atoms. The van der Waals surface area contributed by atoms with Gasteiger partial charge in [0.05, 0.1) is 5.69 Å². The van der Waals surface area contributed by atoms with Gasteiger partial charge in [0.2, 0.25) is 5.95 Å². The van der Waals surface area contributed by atoms with E-state index in [0.29, 0.717) is 6.04 Å². The van der Waals surface area contributed by atoms with Gasteiger partial charge >= 0.3 is 0 Å². The number of imidazole rings is 1. The first kappa shape index (κ1) is 8.33. The van der Waals surface area contributed by atoms with E-state index in [1.165, 1.54) is 32.1 Å². The molecule has 0 radical (unpaired) electrons. The van der Waals surface area contributed by atoms with Crippen LogP contribution in [0.4, 0.5) is 5.95 Å². The average Bonchev–Trinajstić information content (AvgIpc) is 2.76. The van der Waals surface area contributed by atoms with E-state index in [-0.39, 0.29) is 0 Å². The zero-order chi connectivity index (χ0) is 9.54. The number of aromatic nitrogens is 2. The lowest BCUT2D eigenvalue weighted by atomic mass is 9.93. The van der Waals surface area contributed by atoms with Gasteiger partial charge in [-0.2, -0.15) is 0 Å². The minimum Gasteiger partial charge on any atom is -0.353 e. The average molecular weight is 191 g/mol. The molecule has 3 heteroatoms. The third-order valence-corrected chi connectivity index (χ3v) is 3.23. The predicted molar refractivity (Wildman–Crippen MR) is 56.5 cm³/mol. The largest absolute Gasteiger partial charge is 0.353 e. The molecule has 76 valence electrons. The van der Waals surface area contributed by atoms with Crippen LogP contribution in [-0.2, 0) is 0 Å². The molecular weight excluding hydrogens is 174 g/mol. The lowest BCUT2D eigenvalue weighted by Gasteiger charge is -2.28. The van der Waals surface area contributed by atoms with Crippen LogP contribution in [-0.4, -0.2) is 15.6 Å². The monoisotopic (exact) mass is 191 g/mol. The van der Waals surface area contributed by atoms with Gasteiger partial charge in [-0.1, -0.05) is 0 Å². The van der Waals surface area contributed by atoms with E-state index in [2.05, 4.69) is 28.0 Å². The fourth-order valence-corrected chi connectivity index (χ4v) is 1.98. The molecule has 1 aromatic heterocycles. The molecule has 0 spiro atoms. The van der Waals surface area contributed by atoms with Crippen LogP contribution in [0.2, 0.25) is 0 Å². The third-order valence-electron chi connectivity index (χ3n) is 3.23. The number of hydrogen-bond donors (Lipinski definition) is 1. The molecule has 2 aliphatic rings. The van der Waals surface area contributed by atoms with Crippen molar-refractivity contribution in [1.29, 1.82) is 0 Å². The lowest BCUT2D eigenvalue weighted by Crippen LogP contribution is -2.19. The number of aryl methyl sites for hydroxylation is 1. The molecule has 0 aromatic carbocycles. The predicted octanol–water partition coefficient (Wildman–Crippen LogP) is 2.49.